The van der Waals surface area contributed by atoms with Gasteiger partial charge in [0.05, 0.1) is 17.7 Å². The van der Waals surface area contributed by atoms with E-state index in [1.165, 1.54) is 55.7 Å². The molecule has 0 saturated carbocycles. The van der Waals surface area contributed by atoms with Crippen LogP contribution in [0.15, 0.2) is 83.3 Å². The van der Waals surface area contributed by atoms with E-state index in [0.29, 0.717) is 4.90 Å². The summed E-state index contributed by atoms with van der Waals surface area (Å²) in [6.45, 7) is 0. The highest BCUT2D eigenvalue weighted by atomic mass is 32.2. The van der Waals surface area contributed by atoms with Gasteiger partial charge >= 0.3 is 16.1 Å². The lowest BCUT2D eigenvalue weighted by Gasteiger charge is -2.26. The zero-order chi connectivity index (χ0) is 26.7. The number of imide groups is 2. The third-order valence-corrected chi connectivity index (χ3v) is 6.40. The number of amides is 4. The third-order valence-electron chi connectivity index (χ3n) is 5.15. The Kier molecular flexibility index (Phi) is 6.71. The number of benzene rings is 3. The average Bonchev–Trinajstić information content (AvgIpc) is 2.88. The lowest BCUT2D eigenvalue weighted by atomic mass is 10.1. The Morgan fingerprint density at radius 1 is 0.946 bits per heavy atom. The second-order valence-electron chi connectivity index (χ2n) is 7.49. The van der Waals surface area contributed by atoms with Gasteiger partial charge in [0.15, 0.2) is 11.5 Å². The topological polar surface area (TPSA) is 162 Å². The fourth-order valence-corrected chi connectivity index (χ4v) is 4.34. The fourth-order valence-electron chi connectivity index (χ4n) is 3.38. The van der Waals surface area contributed by atoms with Crippen molar-refractivity contribution < 1.29 is 36.6 Å². The minimum Gasteiger partial charge on any atom is -0.493 e. The van der Waals surface area contributed by atoms with Crippen LogP contribution in [0, 0.1) is 10.1 Å². The van der Waals surface area contributed by atoms with Gasteiger partial charge in [-0.2, -0.15) is 8.42 Å². The quantitative estimate of drug-likeness (QED) is 0.161. The number of nitro groups is 1. The van der Waals surface area contributed by atoms with Gasteiger partial charge in [-0.25, -0.2) is 9.69 Å². The first-order valence-electron chi connectivity index (χ1n) is 10.4. The summed E-state index contributed by atoms with van der Waals surface area (Å²) in [5, 5.41) is 12.9. The maximum atomic E-state index is 13.0. The number of hydrogen-bond donors (Lipinski definition) is 1. The second kappa shape index (κ2) is 9.91. The van der Waals surface area contributed by atoms with E-state index in [9.17, 15) is 32.9 Å². The molecule has 0 bridgehead atoms. The van der Waals surface area contributed by atoms with E-state index in [0.717, 1.165) is 12.1 Å². The van der Waals surface area contributed by atoms with Gasteiger partial charge in [0, 0.05) is 12.1 Å². The molecule has 12 nitrogen and oxygen atoms in total. The predicted octanol–water partition coefficient (Wildman–Crippen LogP) is 3.04. The summed E-state index contributed by atoms with van der Waals surface area (Å²) in [5.41, 5.74) is -0.383. The molecule has 37 heavy (non-hydrogen) atoms. The lowest BCUT2D eigenvalue weighted by Crippen LogP contribution is -2.54. The molecule has 4 amide bonds. The number of nitro benzene ring substituents is 1. The lowest BCUT2D eigenvalue weighted by molar-refractivity contribution is -0.384. The van der Waals surface area contributed by atoms with Gasteiger partial charge in [0.1, 0.15) is 10.5 Å². The predicted molar refractivity (Wildman–Crippen MR) is 129 cm³/mol. The molecule has 1 aliphatic rings. The summed E-state index contributed by atoms with van der Waals surface area (Å²) < 4.78 is 35.5. The van der Waals surface area contributed by atoms with Crippen LogP contribution in [0.3, 0.4) is 0 Å². The molecule has 1 fully saturated rings. The molecule has 0 aliphatic carbocycles. The molecular formula is C24H17N3O9S. The van der Waals surface area contributed by atoms with E-state index >= 15 is 0 Å². The van der Waals surface area contributed by atoms with Crippen molar-refractivity contribution >= 4 is 45.4 Å². The number of hydrogen-bond acceptors (Lipinski definition) is 9. The van der Waals surface area contributed by atoms with Gasteiger partial charge < -0.3 is 8.92 Å². The van der Waals surface area contributed by atoms with Crippen LogP contribution < -0.4 is 19.1 Å². The number of rotatable bonds is 7. The Bertz CT molecular complexity index is 1550. The third kappa shape index (κ3) is 5.16. The van der Waals surface area contributed by atoms with Crippen LogP contribution in [0.1, 0.15) is 5.56 Å². The molecule has 0 aromatic heterocycles. The number of carbonyl (C=O) groups is 3. The molecule has 13 heteroatoms. The van der Waals surface area contributed by atoms with E-state index < -0.39 is 38.5 Å². The molecule has 0 spiro atoms. The molecule has 3 aromatic carbocycles. The number of anilines is 1. The smallest absolute Gasteiger partial charge is 0.339 e. The number of non-ortho nitro benzene ring substituents is 1. The Labute approximate surface area is 210 Å². The average molecular weight is 523 g/mol. The minimum atomic E-state index is -4.16. The molecule has 1 heterocycles. The Morgan fingerprint density at radius 2 is 1.62 bits per heavy atom. The monoisotopic (exact) mass is 523 g/mol. The van der Waals surface area contributed by atoms with Crippen molar-refractivity contribution in [3.8, 4) is 11.5 Å². The molecule has 1 saturated heterocycles. The number of urea groups is 1. The zero-order valence-electron chi connectivity index (χ0n) is 19.0. The molecule has 1 N–H and O–H groups in total. The Morgan fingerprint density at radius 3 is 2.24 bits per heavy atom. The molecule has 1 aliphatic heterocycles. The van der Waals surface area contributed by atoms with Crippen molar-refractivity contribution in [2.75, 3.05) is 12.0 Å². The first-order chi connectivity index (χ1) is 17.6. The Hall–Kier alpha value is -5.04. The number of barbiturate groups is 1. The summed E-state index contributed by atoms with van der Waals surface area (Å²) in [4.78, 5) is 48.7. The largest absolute Gasteiger partial charge is 0.493 e. The first kappa shape index (κ1) is 25.1. The number of nitrogens with one attached hydrogen (secondary N) is 1. The van der Waals surface area contributed by atoms with Crippen molar-refractivity contribution in [1.29, 1.82) is 0 Å². The van der Waals surface area contributed by atoms with E-state index in [2.05, 4.69) is 0 Å². The molecule has 0 radical (unpaired) electrons. The molecule has 188 valence electrons. The fraction of sp³-hybridized carbons (Fsp3) is 0.0417. The van der Waals surface area contributed by atoms with Gasteiger partial charge in [0.25, 0.3) is 17.5 Å². The summed E-state index contributed by atoms with van der Waals surface area (Å²) in [6.07, 6.45) is 1.18. The standard InChI is InChI=1S/C24H17N3O9S/c1-35-21-14-15(7-12-20(21)36-37(33,34)18-5-3-2-4-6-18)13-19-22(28)25-24(30)26(23(19)29)16-8-10-17(11-9-16)27(31)32/h2-14H,1H3,(H,25,28,30)/b19-13+. The van der Waals surface area contributed by atoms with Crippen molar-refractivity contribution in [2.24, 2.45) is 0 Å². The number of carbonyl (C=O) groups excluding carboxylic acids is 3. The van der Waals surface area contributed by atoms with Crippen LogP contribution in [0.4, 0.5) is 16.2 Å². The van der Waals surface area contributed by atoms with E-state index in [1.54, 1.807) is 18.2 Å². The first-order valence-corrected chi connectivity index (χ1v) is 11.8. The SMILES string of the molecule is COc1cc(/C=C2\C(=O)NC(=O)N(c3ccc([N+](=O)[O-])cc3)C2=O)ccc1OS(=O)(=O)c1ccccc1. The molecular weight excluding hydrogens is 506 g/mol. The van der Waals surface area contributed by atoms with Crippen molar-refractivity contribution in [2.45, 2.75) is 4.90 Å². The van der Waals surface area contributed by atoms with Crippen LogP contribution in [0.25, 0.3) is 6.08 Å². The van der Waals surface area contributed by atoms with Gasteiger partial charge in [-0.05, 0) is 48.0 Å². The summed E-state index contributed by atoms with van der Waals surface area (Å²) in [6, 6.07) is 15.1. The van der Waals surface area contributed by atoms with Crippen molar-refractivity contribution in [3.63, 3.8) is 0 Å². The van der Waals surface area contributed by atoms with E-state index in [4.69, 9.17) is 8.92 Å². The van der Waals surface area contributed by atoms with Gasteiger partial charge in [-0.15, -0.1) is 0 Å². The van der Waals surface area contributed by atoms with Gasteiger partial charge in [-0.1, -0.05) is 24.3 Å². The maximum absolute atomic E-state index is 13.0. The van der Waals surface area contributed by atoms with Crippen LogP contribution in [-0.2, 0) is 19.7 Å². The highest BCUT2D eigenvalue weighted by Crippen LogP contribution is 2.32. The molecule has 4 rings (SSSR count). The Balaban J connectivity index is 1.64. The number of methoxy groups -OCH3 is 1. The van der Waals surface area contributed by atoms with Gasteiger partial charge in [-0.3, -0.25) is 25.0 Å². The molecule has 3 aromatic rings. The summed E-state index contributed by atoms with van der Waals surface area (Å²) >= 11 is 0. The van der Waals surface area contributed by atoms with Crippen LogP contribution >= 0.6 is 0 Å². The van der Waals surface area contributed by atoms with Gasteiger partial charge in [0.2, 0.25) is 0 Å². The van der Waals surface area contributed by atoms with Crippen LogP contribution in [0.2, 0.25) is 0 Å². The van der Waals surface area contributed by atoms with Crippen LogP contribution in [0.5, 0.6) is 11.5 Å². The summed E-state index contributed by atoms with van der Waals surface area (Å²) in [7, 11) is -2.88. The summed E-state index contributed by atoms with van der Waals surface area (Å²) in [5.74, 6) is -2.05. The van der Waals surface area contributed by atoms with E-state index in [1.807, 2.05) is 5.32 Å². The van der Waals surface area contributed by atoms with Crippen molar-refractivity contribution in [1.82, 2.24) is 5.32 Å². The second-order valence-corrected chi connectivity index (χ2v) is 9.04. The zero-order valence-corrected chi connectivity index (χ0v) is 19.8. The number of nitrogens with zero attached hydrogens (tertiary/aromatic N) is 2. The van der Waals surface area contributed by atoms with E-state index in [-0.39, 0.29) is 33.3 Å². The minimum absolute atomic E-state index is 0.000763. The normalized spacial score (nSPS) is 14.9. The maximum Gasteiger partial charge on any atom is 0.339 e. The van der Waals surface area contributed by atoms with Crippen LogP contribution in [-0.4, -0.2) is 38.3 Å². The highest BCUT2D eigenvalue weighted by molar-refractivity contribution is 7.87. The van der Waals surface area contributed by atoms with Crippen molar-refractivity contribution in [3.05, 3.63) is 94.0 Å². The number of ether oxygens (including phenoxy) is 1. The molecule has 0 unspecified atom stereocenters. The highest BCUT2D eigenvalue weighted by Gasteiger charge is 2.37. The molecule has 0 atom stereocenters.